The first-order chi connectivity index (χ1) is 7.69. The first kappa shape index (κ1) is 12.6. The Morgan fingerprint density at radius 1 is 1.50 bits per heavy atom. The lowest BCUT2D eigenvalue weighted by Crippen LogP contribution is -2.39. The molecule has 1 nitrogen and oxygen atoms in total. The third kappa shape index (κ3) is 2.52. The molecule has 0 aliphatic heterocycles. The van der Waals surface area contributed by atoms with Gasteiger partial charge >= 0.3 is 0 Å². The van der Waals surface area contributed by atoms with Crippen molar-refractivity contribution in [3.05, 3.63) is 21.9 Å². The second-order valence-corrected chi connectivity index (χ2v) is 6.88. The van der Waals surface area contributed by atoms with Crippen LogP contribution >= 0.6 is 27.3 Å². The summed E-state index contributed by atoms with van der Waals surface area (Å²) in [4.78, 5) is 3.37. The number of hydrogen-bond donors (Lipinski definition) is 0. The number of aryl methyl sites for hydroxylation is 1. The minimum absolute atomic E-state index is 0.157. The molecule has 1 aliphatic rings. The monoisotopic (exact) mass is 302 g/mol. The zero-order valence-corrected chi connectivity index (χ0v) is 12.4. The second kappa shape index (κ2) is 5.19. The fourth-order valence-corrected chi connectivity index (χ4v) is 4.20. The molecule has 1 saturated carbocycles. The lowest BCUT2D eigenvalue weighted by atomic mass is 9.76. The molecule has 0 bridgehead atoms. The van der Waals surface area contributed by atoms with Gasteiger partial charge in [-0.3, -0.25) is 0 Å². The molecule has 1 unspecified atom stereocenters. The lowest BCUT2D eigenvalue weighted by Gasteiger charge is -2.41. The molecule has 0 spiro atoms. The van der Waals surface area contributed by atoms with Gasteiger partial charge in [-0.15, -0.1) is 11.3 Å². The Morgan fingerprint density at radius 2 is 2.25 bits per heavy atom. The van der Waals surface area contributed by atoms with E-state index in [0.717, 1.165) is 12.8 Å². The minimum Gasteiger partial charge on any atom is -0.378 e. The van der Waals surface area contributed by atoms with Gasteiger partial charge in [0.2, 0.25) is 0 Å². The molecule has 16 heavy (non-hydrogen) atoms. The maximum absolute atomic E-state index is 5.67. The third-order valence-corrected chi connectivity index (χ3v) is 6.05. The predicted octanol–water partition coefficient (Wildman–Crippen LogP) is 4.71. The average Bonchev–Trinajstić information content (AvgIpc) is 2.71. The van der Waals surface area contributed by atoms with E-state index in [1.54, 1.807) is 0 Å². The zero-order valence-electron chi connectivity index (χ0n) is 9.96. The summed E-state index contributed by atoms with van der Waals surface area (Å²) in [5.41, 5.74) is 0.157. The van der Waals surface area contributed by atoms with Gasteiger partial charge in [0.05, 0.1) is 10.4 Å². The van der Waals surface area contributed by atoms with Gasteiger partial charge in [0.15, 0.2) is 0 Å². The van der Waals surface area contributed by atoms with Crippen LogP contribution in [0.25, 0.3) is 0 Å². The van der Waals surface area contributed by atoms with E-state index < -0.39 is 0 Å². The Labute approximate surface area is 110 Å². The Morgan fingerprint density at radius 3 is 2.69 bits per heavy atom. The average molecular weight is 303 g/mol. The van der Waals surface area contributed by atoms with Crippen molar-refractivity contribution >= 4 is 27.3 Å². The van der Waals surface area contributed by atoms with Crippen LogP contribution in [0.15, 0.2) is 12.1 Å². The largest absolute Gasteiger partial charge is 0.378 e. The van der Waals surface area contributed by atoms with Gasteiger partial charge in [-0.25, -0.2) is 0 Å². The van der Waals surface area contributed by atoms with Crippen LogP contribution in [-0.2, 0) is 11.2 Å². The van der Waals surface area contributed by atoms with Crippen LogP contribution in [0.4, 0.5) is 0 Å². The number of hydrogen-bond acceptors (Lipinski definition) is 2. The SMILES string of the molecule is CCc1ccc(C(Br)CC2(OC)CCC2)s1. The van der Waals surface area contributed by atoms with Crippen molar-refractivity contribution in [1.29, 1.82) is 0 Å². The van der Waals surface area contributed by atoms with Gasteiger partial charge in [0.25, 0.3) is 0 Å². The summed E-state index contributed by atoms with van der Waals surface area (Å²) in [6.07, 6.45) is 6.00. The molecule has 1 aliphatic carbocycles. The second-order valence-electron chi connectivity index (χ2n) is 4.57. The van der Waals surface area contributed by atoms with Gasteiger partial charge in [-0.05, 0) is 44.2 Å². The topological polar surface area (TPSA) is 9.23 Å². The Kier molecular flexibility index (Phi) is 4.09. The van der Waals surface area contributed by atoms with Gasteiger partial charge in [0.1, 0.15) is 0 Å². The van der Waals surface area contributed by atoms with Gasteiger partial charge in [-0.1, -0.05) is 22.9 Å². The van der Waals surface area contributed by atoms with Crippen LogP contribution in [0.2, 0.25) is 0 Å². The van der Waals surface area contributed by atoms with Crippen LogP contribution < -0.4 is 0 Å². The minimum atomic E-state index is 0.157. The van der Waals surface area contributed by atoms with Crippen LogP contribution in [0, 0.1) is 0 Å². The molecule has 0 saturated heterocycles. The molecule has 1 fully saturated rings. The van der Waals surface area contributed by atoms with Crippen molar-refractivity contribution in [2.24, 2.45) is 0 Å². The molecule has 2 rings (SSSR count). The van der Waals surface area contributed by atoms with Crippen molar-refractivity contribution in [3.63, 3.8) is 0 Å². The van der Waals surface area contributed by atoms with Crippen molar-refractivity contribution in [2.75, 3.05) is 7.11 Å². The van der Waals surface area contributed by atoms with E-state index >= 15 is 0 Å². The summed E-state index contributed by atoms with van der Waals surface area (Å²) in [7, 11) is 1.85. The van der Waals surface area contributed by atoms with E-state index in [-0.39, 0.29) is 5.60 Å². The van der Waals surface area contributed by atoms with Crippen molar-refractivity contribution in [1.82, 2.24) is 0 Å². The maximum Gasteiger partial charge on any atom is 0.0693 e. The van der Waals surface area contributed by atoms with E-state index in [1.807, 2.05) is 18.4 Å². The molecule has 0 aromatic carbocycles. The fraction of sp³-hybridized carbons (Fsp3) is 0.692. The third-order valence-electron chi connectivity index (χ3n) is 3.59. The highest BCUT2D eigenvalue weighted by Crippen LogP contribution is 2.45. The highest BCUT2D eigenvalue weighted by Gasteiger charge is 2.38. The molecule has 3 heteroatoms. The normalized spacial score (nSPS) is 20.4. The number of methoxy groups -OCH3 is 1. The van der Waals surface area contributed by atoms with Crippen LogP contribution in [0.5, 0.6) is 0 Å². The predicted molar refractivity (Wildman–Crippen MR) is 73.6 cm³/mol. The Hall–Kier alpha value is 0.140. The van der Waals surface area contributed by atoms with Crippen molar-refractivity contribution < 1.29 is 4.74 Å². The molecular weight excluding hydrogens is 284 g/mol. The van der Waals surface area contributed by atoms with E-state index in [2.05, 4.69) is 35.0 Å². The first-order valence-corrected chi connectivity index (χ1v) is 7.70. The number of thiophene rings is 1. The molecule has 1 aromatic rings. The zero-order chi connectivity index (χ0) is 11.6. The molecule has 1 aromatic heterocycles. The van der Waals surface area contributed by atoms with E-state index in [9.17, 15) is 0 Å². The fourth-order valence-electron chi connectivity index (χ4n) is 2.24. The van der Waals surface area contributed by atoms with Crippen LogP contribution in [0.3, 0.4) is 0 Å². The van der Waals surface area contributed by atoms with Gasteiger partial charge in [-0.2, -0.15) is 0 Å². The highest BCUT2D eigenvalue weighted by atomic mass is 79.9. The molecule has 90 valence electrons. The standard InChI is InChI=1S/C13H19BrOS/c1-3-10-5-6-12(16-10)11(14)9-13(15-2)7-4-8-13/h5-6,11H,3-4,7-9H2,1-2H3. The molecule has 0 N–H and O–H groups in total. The van der Waals surface area contributed by atoms with Crippen molar-refractivity contribution in [3.8, 4) is 0 Å². The number of ether oxygens (including phenoxy) is 1. The summed E-state index contributed by atoms with van der Waals surface area (Å²) >= 11 is 5.73. The van der Waals surface area contributed by atoms with Gasteiger partial charge < -0.3 is 4.74 Å². The Bertz CT molecular complexity index is 338. The summed E-state index contributed by atoms with van der Waals surface area (Å²) in [6, 6.07) is 4.50. The first-order valence-electron chi connectivity index (χ1n) is 5.97. The summed E-state index contributed by atoms with van der Waals surface area (Å²) in [5, 5.41) is 0. The molecule has 0 amide bonds. The number of halogens is 1. The smallest absolute Gasteiger partial charge is 0.0693 e. The van der Waals surface area contributed by atoms with E-state index in [0.29, 0.717) is 4.83 Å². The lowest BCUT2D eigenvalue weighted by molar-refractivity contribution is -0.0772. The van der Waals surface area contributed by atoms with Gasteiger partial charge in [0, 0.05) is 16.9 Å². The summed E-state index contributed by atoms with van der Waals surface area (Å²) < 4.78 is 5.67. The highest BCUT2D eigenvalue weighted by molar-refractivity contribution is 9.09. The summed E-state index contributed by atoms with van der Waals surface area (Å²) in [5.74, 6) is 0. The Balaban J connectivity index is 1.99. The summed E-state index contributed by atoms with van der Waals surface area (Å²) in [6.45, 7) is 2.21. The van der Waals surface area contributed by atoms with Crippen LogP contribution in [-0.4, -0.2) is 12.7 Å². The number of rotatable bonds is 5. The quantitative estimate of drug-likeness (QED) is 0.716. The molecule has 0 radical (unpaired) electrons. The number of alkyl halides is 1. The molecule has 1 atom stereocenters. The van der Waals surface area contributed by atoms with Crippen molar-refractivity contribution in [2.45, 2.75) is 49.5 Å². The van der Waals surface area contributed by atoms with E-state index in [4.69, 9.17) is 4.74 Å². The van der Waals surface area contributed by atoms with E-state index in [1.165, 1.54) is 29.0 Å². The van der Waals surface area contributed by atoms with Crippen LogP contribution in [0.1, 0.15) is 47.2 Å². The molecular formula is C13H19BrOS. The maximum atomic E-state index is 5.67. The molecule has 1 heterocycles.